The van der Waals surface area contributed by atoms with Crippen molar-refractivity contribution in [2.75, 3.05) is 19.5 Å². The largest absolute Gasteiger partial charge is 0.467 e. The normalized spacial score (nSPS) is 12.5. The molecule has 0 spiro atoms. The van der Waals surface area contributed by atoms with E-state index >= 15 is 0 Å². The zero-order chi connectivity index (χ0) is 16.8. The van der Waals surface area contributed by atoms with Crippen molar-refractivity contribution >= 4 is 33.3 Å². The number of sulfone groups is 1. The minimum absolute atomic E-state index is 0.0522. The Hall–Kier alpha value is -1.64. The maximum atomic E-state index is 12.0. The van der Waals surface area contributed by atoms with Gasteiger partial charge in [0.05, 0.1) is 24.4 Å². The maximum absolute atomic E-state index is 12.0. The van der Waals surface area contributed by atoms with E-state index in [1.807, 2.05) is 0 Å². The number of benzene rings is 1. The first-order valence-electron chi connectivity index (χ1n) is 6.26. The number of nitrogens with one attached hydrogen (secondary N) is 1. The van der Waals surface area contributed by atoms with Crippen molar-refractivity contribution in [3.05, 3.63) is 29.3 Å². The summed E-state index contributed by atoms with van der Waals surface area (Å²) in [6, 6.07) is 4.36. The molecule has 0 radical (unpaired) electrons. The molecule has 9 heteroatoms. The summed E-state index contributed by atoms with van der Waals surface area (Å²) in [5, 5.41) is 11.6. The Morgan fingerprint density at radius 3 is 2.41 bits per heavy atom. The van der Waals surface area contributed by atoms with Crippen molar-refractivity contribution in [2.45, 2.75) is 17.4 Å². The number of rotatable bonds is 7. The number of hydrogen-bond donors (Lipinski definition) is 2. The van der Waals surface area contributed by atoms with Gasteiger partial charge in [-0.3, -0.25) is 4.79 Å². The Morgan fingerprint density at radius 1 is 1.32 bits per heavy atom. The van der Waals surface area contributed by atoms with E-state index in [1.54, 1.807) is 0 Å². The Labute approximate surface area is 133 Å². The van der Waals surface area contributed by atoms with Crippen LogP contribution in [0, 0.1) is 0 Å². The van der Waals surface area contributed by atoms with Crippen LogP contribution in [0.1, 0.15) is 6.42 Å². The van der Waals surface area contributed by atoms with E-state index in [4.69, 9.17) is 16.7 Å². The predicted molar refractivity (Wildman–Crippen MR) is 79.2 cm³/mol. The highest BCUT2D eigenvalue weighted by atomic mass is 35.5. The lowest BCUT2D eigenvalue weighted by molar-refractivity contribution is -0.146. The average Bonchev–Trinajstić information content (AvgIpc) is 2.50. The van der Waals surface area contributed by atoms with E-state index in [1.165, 1.54) is 24.3 Å². The lowest BCUT2D eigenvalue weighted by Gasteiger charge is -2.13. The molecule has 1 rings (SSSR count). The molecule has 1 amide bonds. The van der Waals surface area contributed by atoms with E-state index in [0.29, 0.717) is 5.02 Å². The Kier molecular flexibility index (Phi) is 6.79. The summed E-state index contributed by atoms with van der Waals surface area (Å²) in [4.78, 5) is 22.9. The first-order chi connectivity index (χ1) is 10.3. The summed E-state index contributed by atoms with van der Waals surface area (Å²) in [5.41, 5.74) is 0. The number of methoxy groups -OCH3 is 1. The van der Waals surface area contributed by atoms with Gasteiger partial charge in [0.1, 0.15) is 0 Å². The summed E-state index contributed by atoms with van der Waals surface area (Å²) in [7, 11) is -2.53. The van der Waals surface area contributed by atoms with Crippen molar-refractivity contribution in [2.24, 2.45) is 0 Å². The quantitative estimate of drug-likeness (QED) is 0.678. The third-order valence-electron chi connectivity index (χ3n) is 2.77. The van der Waals surface area contributed by atoms with Gasteiger partial charge in [-0.05, 0) is 24.3 Å². The molecule has 1 aromatic rings. The number of amides is 1. The molecule has 0 aromatic heterocycles. The second-order valence-electron chi connectivity index (χ2n) is 4.35. The number of esters is 1. The van der Waals surface area contributed by atoms with Crippen molar-refractivity contribution in [3.8, 4) is 0 Å². The van der Waals surface area contributed by atoms with Crippen LogP contribution in [0.4, 0.5) is 0 Å². The van der Waals surface area contributed by atoms with Gasteiger partial charge in [0.2, 0.25) is 5.91 Å². The highest BCUT2D eigenvalue weighted by molar-refractivity contribution is 7.91. The van der Waals surface area contributed by atoms with Crippen LogP contribution in [0.3, 0.4) is 0 Å². The summed E-state index contributed by atoms with van der Waals surface area (Å²) < 4.78 is 28.4. The molecular weight excluding hydrogens is 334 g/mol. The number of halogens is 1. The average molecular weight is 350 g/mol. The molecule has 1 atom stereocenters. The van der Waals surface area contributed by atoms with Crippen LogP contribution in [-0.2, 0) is 24.2 Å². The maximum Gasteiger partial charge on any atom is 0.330 e. The van der Waals surface area contributed by atoms with Crippen LogP contribution in [0.15, 0.2) is 29.2 Å². The summed E-state index contributed by atoms with van der Waals surface area (Å²) in [6.07, 6.45) is -0.349. The van der Waals surface area contributed by atoms with Gasteiger partial charge < -0.3 is 15.2 Å². The molecule has 0 saturated heterocycles. The molecule has 0 aliphatic heterocycles. The standard InChI is InChI=1S/C13H16ClNO6S/c1-21-13(18)11(8-16)15-12(17)6-7-22(19,20)10-4-2-9(14)3-5-10/h2-5,11,16H,6-8H2,1H3,(H,15,17)/t11-/m0/s1. The topological polar surface area (TPSA) is 110 Å². The monoisotopic (exact) mass is 349 g/mol. The fraction of sp³-hybridized carbons (Fsp3) is 0.385. The van der Waals surface area contributed by atoms with Gasteiger partial charge in [-0.25, -0.2) is 13.2 Å². The lowest BCUT2D eigenvalue weighted by Crippen LogP contribution is -2.44. The summed E-state index contributed by atoms with van der Waals surface area (Å²) in [6.45, 7) is -0.637. The minimum atomic E-state index is -3.64. The zero-order valence-corrected chi connectivity index (χ0v) is 13.4. The zero-order valence-electron chi connectivity index (χ0n) is 11.8. The highest BCUT2D eigenvalue weighted by Gasteiger charge is 2.22. The van der Waals surface area contributed by atoms with E-state index in [0.717, 1.165) is 7.11 Å². The Balaban J connectivity index is 2.63. The van der Waals surface area contributed by atoms with Crippen LogP contribution in [0.5, 0.6) is 0 Å². The Morgan fingerprint density at radius 2 is 1.91 bits per heavy atom. The van der Waals surface area contributed by atoms with Crippen molar-refractivity contribution in [1.29, 1.82) is 0 Å². The second-order valence-corrected chi connectivity index (χ2v) is 6.89. The molecule has 22 heavy (non-hydrogen) atoms. The molecule has 0 fully saturated rings. The fourth-order valence-electron chi connectivity index (χ4n) is 1.57. The molecule has 122 valence electrons. The van der Waals surface area contributed by atoms with Crippen molar-refractivity contribution in [3.63, 3.8) is 0 Å². The van der Waals surface area contributed by atoms with Crippen LogP contribution in [0.25, 0.3) is 0 Å². The van der Waals surface area contributed by atoms with Gasteiger partial charge in [-0.2, -0.15) is 0 Å². The number of aliphatic hydroxyl groups is 1. The summed E-state index contributed by atoms with van der Waals surface area (Å²) in [5.74, 6) is -1.92. The molecule has 0 bridgehead atoms. The molecule has 2 N–H and O–H groups in total. The van der Waals surface area contributed by atoms with Crippen molar-refractivity contribution in [1.82, 2.24) is 5.32 Å². The van der Waals surface area contributed by atoms with Gasteiger partial charge in [0.15, 0.2) is 15.9 Å². The smallest absolute Gasteiger partial charge is 0.330 e. The molecule has 0 aliphatic rings. The van der Waals surface area contributed by atoms with Gasteiger partial charge >= 0.3 is 5.97 Å². The van der Waals surface area contributed by atoms with Crippen LogP contribution in [-0.4, -0.2) is 50.9 Å². The van der Waals surface area contributed by atoms with Crippen LogP contribution < -0.4 is 5.32 Å². The van der Waals surface area contributed by atoms with Crippen molar-refractivity contribution < 1.29 is 27.9 Å². The first kappa shape index (κ1) is 18.4. The molecule has 0 aliphatic carbocycles. The number of aliphatic hydroxyl groups excluding tert-OH is 1. The first-order valence-corrected chi connectivity index (χ1v) is 8.29. The van der Waals surface area contributed by atoms with E-state index in [-0.39, 0.29) is 11.3 Å². The molecule has 7 nitrogen and oxygen atoms in total. The van der Waals surface area contributed by atoms with E-state index in [2.05, 4.69) is 10.1 Å². The highest BCUT2D eigenvalue weighted by Crippen LogP contribution is 2.16. The second kappa shape index (κ2) is 8.11. The number of carbonyl (C=O) groups is 2. The molecule has 1 aromatic carbocycles. The van der Waals surface area contributed by atoms with Crippen LogP contribution >= 0.6 is 11.6 Å². The lowest BCUT2D eigenvalue weighted by atomic mass is 10.3. The van der Waals surface area contributed by atoms with E-state index in [9.17, 15) is 18.0 Å². The minimum Gasteiger partial charge on any atom is -0.467 e. The molecular formula is C13H16ClNO6S. The number of carbonyl (C=O) groups excluding carboxylic acids is 2. The van der Waals surface area contributed by atoms with Gasteiger partial charge in [0.25, 0.3) is 0 Å². The SMILES string of the molecule is COC(=O)[C@H](CO)NC(=O)CCS(=O)(=O)c1ccc(Cl)cc1. The van der Waals surface area contributed by atoms with E-state index < -0.39 is 40.1 Å². The molecule has 0 unspecified atom stereocenters. The summed E-state index contributed by atoms with van der Waals surface area (Å²) >= 11 is 5.68. The molecule has 0 saturated carbocycles. The fourth-order valence-corrected chi connectivity index (χ4v) is 2.94. The third kappa shape index (κ3) is 5.28. The van der Waals surface area contributed by atoms with Gasteiger partial charge in [0, 0.05) is 11.4 Å². The Bertz CT molecular complexity index is 628. The predicted octanol–water partition coefficient (Wildman–Crippen LogP) is 0.154. The number of ether oxygens (including phenoxy) is 1. The number of hydrogen-bond acceptors (Lipinski definition) is 6. The van der Waals surface area contributed by atoms with Gasteiger partial charge in [-0.15, -0.1) is 0 Å². The van der Waals surface area contributed by atoms with Crippen LogP contribution in [0.2, 0.25) is 5.02 Å². The molecule has 0 heterocycles. The third-order valence-corrected chi connectivity index (χ3v) is 4.76. The van der Waals surface area contributed by atoms with Gasteiger partial charge in [-0.1, -0.05) is 11.6 Å².